The van der Waals surface area contributed by atoms with Crippen molar-refractivity contribution in [2.24, 2.45) is 0 Å². The van der Waals surface area contributed by atoms with Crippen LogP contribution in [0.1, 0.15) is 54.9 Å². The van der Waals surface area contributed by atoms with Crippen molar-refractivity contribution < 1.29 is 4.74 Å². The number of hydrogen-bond acceptors (Lipinski definition) is 4. The summed E-state index contributed by atoms with van der Waals surface area (Å²) in [5.74, 6) is 1.32. The van der Waals surface area contributed by atoms with Crippen LogP contribution in [0.5, 0.6) is 0 Å². The first-order valence-corrected chi connectivity index (χ1v) is 5.77. The first-order valence-electron chi connectivity index (χ1n) is 5.77. The molecule has 4 heteroatoms. The minimum absolute atomic E-state index is 0.0765. The van der Waals surface area contributed by atoms with Gasteiger partial charge in [-0.05, 0) is 31.7 Å². The summed E-state index contributed by atoms with van der Waals surface area (Å²) in [5, 5.41) is 8.95. The molecule has 1 atom stereocenters. The molecule has 0 spiro atoms. The van der Waals surface area contributed by atoms with Crippen LogP contribution in [0, 0.1) is 11.3 Å². The highest BCUT2D eigenvalue weighted by atomic mass is 16.5. The van der Waals surface area contributed by atoms with E-state index in [4.69, 9.17) is 10.00 Å². The predicted octanol–water partition coefficient (Wildman–Crippen LogP) is 2.08. The van der Waals surface area contributed by atoms with Gasteiger partial charge in [0.2, 0.25) is 0 Å². The Morgan fingerprint density at radius 1 is 1.31 bits per heavy atom. The molecule has 82 valence electrons. The van der Waals surface area contributed by atoms with Gasteiger partial charge in [-0.15, -0.1) is 0 Å². The molecule has 2 aliphatic rings. The van der Waals surface area contributed by atoms with E-state index in [1.807, 2.05) is 0 Å². The van der Waals surface area contributed by atoms with Crippen molar-refractivity contribution in [2.45, 2.75) is 37.7 Å². The summed E-state index contributed by atoms with van der Waals surface area (Å²) in [6.07, 6.45) is 4.47. The van der Waals surface area contributed by atoms with Crippen molar-refractivity contribution in [3.63, 3.8) is 0 Å². The van der Waals surface area contributed by atoms with Gasteiger partial charge < -0.3 is 4.74 Å². The van der Waals surface area contributed by atoms with Crippen molar-refractivity contribution in [1.82, 2.24) is 9.97 Å². The summed E-state index contributed by atoms with van der Waals surface area (Å²) >= 11 is 0. The normalized spacial score (nSPS) is 24.3. The first kappa shape index (κ1) is 9.73. The SMILES string of the molecule is N#Cc1cc([C@H]2CCCO2)nc(C2CC2)n1. The van der Waals surface area contributed by atoms with Gasteiger partial charge in [0, 0.05) is 12.5 Å². The van der Waals surface area contributed by atoms with Gasteiger partial charge >= 0.3 is 0 Å². The lowest BCUT2D eigenvalue weighted by molar-refractivity contribution is 0.108. The van der Waals surface area contributed by atoms with E-state index < -0.39 is 0 Å². The van der Waals surface area contributed by atoms with Crippen molar-refractivity contribution in [2.75, 3.05) is 6.61 Å². The third-order valence-electron chi connectivity index (χ3n) is 3.08. The van der Waals surface area contributed by atoms with Crippen LogP contribution >= 0.6 is 0 Å². The van der Waals surface area contributed by atoms with Gasteiger partial charge in [0.1, 0.15) is 17.6 Å². The van der Waals surface area contributed by atoms with E-state index in [0.29, 0.717) is 11.6 Å². The Bertz CT molecular complexity index is 442. The van der Waals surface area contributed by atoms with Gasteiger partial charge in [0.25, 0.3) is 0 Å². The maximum absolute atomic E-state index is 8.95. The summed E-state index contributed by atoms with van der Waals surface area (Å²) in [4.78, 5) is 8.80. The molecular weight excluding hydrogens is 202 g/mol. The van der Waals surface area contributed by atoms with E-state index in [0.717, 1.165) is 43.8 Å². The van der Waals surface area contributed by atoms with Crippen LogP contribution in [0.4, 0.5) is 0 Å². The molecular formula is C12H13N3O. The number of hydrogen-bond donors (Lipinski definition) is 0. The fraction of sp³-hybridized carbons (Fsp3) is 0.583. The molecule has 1 aliphatic carbocycles. The monoisotopic (exact) mass is 215 g/mol. The molecule has 3 rings (SSSR count). The standard InChI is InChI=1S/C12H13N3O/c13-7-9-6-10(11-2-1-5-16-11)15-12(14-9)8-3-4-8/h6,8,11H,1-5H2/t11-/m1/s1. The van der Waals surface area contributed by atoms with E-state index in [9.17, 15) is 0 Å². The minimum atomic E-state index is 0.0765. The van der Waals surface area contributed by atoms with Crippen LogP contribution < -0.4 is 0 Å². The van der Waals surface area contributed by atoms with Crippen LogP contribution in [-0.2, 0) is 4.74 Å². The first-order chi connectivity index (χ1) is 7.86. The number of aromatic nitrogens is 2. The molecule has 0 amide bonds. The third kappa shape index (κ3) is 1.79. The molecule has 16 heavy (non-hydrogen) atoms. The molecule has 1 saturated carbocycles. The van der Waals surface area contributed by atoms with Gasteiger partial charge in [-0.1, -0.05) is 0 Å². The Hall–Kier alpha value is -1.47. The second kappa shape index (κ2) is 3.84. The lowest BCUT2D eigenvalue weighted by Gasteiger charge is -2.10. The topological polar surface area (TPSA) is 58.8 Å². The van der Waals surface area contributed by atoms with Crippen LogP contribution in [0.3, 0.4) is 0 Å². The summed E-state index contributed by atoms with van der Waals surface area (Å²) in [6.45, 7) is 0.801. The summed E-state index contributed by atoms with van der Waals surface area (Å²) in [7, 11) is 0. The molecule has 2 heterocycles. The zero-order chi connectivity index (χ0) is 11.0. The fourth-order valence-electron chi connectivity index (χ4n) is 2.04. The molecule has 1 saturated heterocycles. The maximum atomic E-state index is 8.95. The Kier molecular flexibility index (Phi) is 2.33. The van der Waals surface area contributed by atoms with E-state index in [1.54, 1.807) is 6.07 Å². The van der Waals surface area contributed by atoms with Crippen molar-refractivity contribution >= 4 is 0 Å². The molecule has 0 N–H and O–H groups in total. The van der Waals surface area contributed by atoms with Gasteiger partial charge in [-0.25, -0.2) is 9.97 Å². The second-order valence-corrected chi connectivity index (χ2v) is 4.42. The average molecular weight is 215 g/mol. The number of nitriles is 1. The van der Waals surface area contributed by atoms with Crippen LogP contribution in [0.25, 0.3) is 0 Å². The van der Waals surface area contributed by atoms with Crippen molar-refractivity contribution in [3.8, 4) is 6.07 Å². The lowest BCUT2D eigenvalue weighted by atomic mass is 10.1. The molecule has 0 aromatic carbocycles. The molecule has 1 aliphatic heterocycles. The Labute approximate surface area is 94.3 Å². The summed E-state index contributed by atoms with van der Waals surface area (Å²) < 4.78 is 5.59. The quantitative estimate of drug-likeness (QED) is 0.757. The zero-order valence-electron chi connectivity index (χ0n) is 9.02. The third-order valence-corrected chi connectivity index (χ3v) is 3.08. The van der Waals surface area contributed by atoms with E-state index in [2.05, 4.69) is 16.0 Å². The maximum Gasteiger partial charge on any atom is 0.144 e. The highest BCUT2D eigenvalue weighted by Gasteiger charge is 2.29. The van der Waals surface area contributed by atoms with Gasteiger partial charge in [0.05, 0.1) is 11.8 Å². The second-order valence-electron chi connectivity index (χ2n) is 4.42. The summed E-state index contributed by atoms with van der Waals surface area (Å²) in [5.41, 5.74) is 1.37. The highest BCUT2D eigenvalue weighted by Crippen LogP contribution is 2.39. The smallest absolute Gasteiger partial charge is 0.144 e. The molecule has 0 bridgehead atoms. The van der Waals surface area contributed by atoms with E-state index in [1.165, 1.54) is 0 Å². The average Bonchev–Trinajstić information content (AvgIpc) is 3.04. The van der Waals surface area contributed by atoms with E-state index in [-0.39, 0.29) is 6.10 Å². The Morgan fingerprint density at radius 2 is 2.19 bits per heavy atom. The zero-order valence-corrected chi connectivity index (χ0v) is 9.02. The summed E-state index contributed by atoms with van der Waals surface area (Å²) in [6, 6.07) is 3.87. The largest absolute Gasteiger partial charge is 0.372 e. The lowest BCUT2D eigenvalue weighted by Crippen LogP contribution is -2.05. The molecule has 0 unspecified atom stereocenters. The number of rotatable bonds is 2. The minimum Gasteiger partial charge on any atom is -0.372 e. The molecule has 1 aromatic rings. The fourth-order valence-corrected chi connectivity index (χ4v) is 2.04. The molecule has 0 radical (unpaired) electrons. The van der Waals surface area contributed by atoms with Crippen LogP contribution in [-0.4, -0.2) is 16.6 Å². The van der Waals surface area contributed by atoms with Crippen LogP contribution in [0.2, 0.25) is 0 Å². The van der Waals surface area contributed by atoms with Crippen molar-refractivity contribution in [1.29, 1.82) is 5.26 Å². The number of nitrogens with zero attached hydrogens (tertiary/aromatic N) is 3. The van der Waals surface area contributed by atoms with Gasteiger partial charge in [-0.3, -0.25) is 0 Å². The number of ether oxygens (including phenoxy) is 1. The molecule has 4 nitrogen and oxygen atoms in total. The van der Waals surface area contributed by atoms with Crippen molar-refractivity contribution in [3.05, 3.63) is 23.3 Å². The Balaban J connectivity index is 1.96. The van der Waals surface area contributed by atoms with Crippen LogP contribution in [0.15, 0.2) is 6.07 Å². The molecule has 2 fully saturated rings. The van der Waals surface area contributed by atoms with Gasteiger partial charge in [-0.2, -0.15) is 5.26 Å². The highest BCUT2D eigenvalue weighted by molar-refractivity contribution is 5.26. The Morgan fingerprint density at radius 3 is 2.81 bits per heavy atom. The van der Waals surface area contributed by atoms with E-state index >= 15 is 0 Å². The van der Waals surface area contributed by atoms with Gasteiger partial charge in [0.15, 0.2) is 0 Å². The molecule has 1 aromatic heterocycles. The predicted molar refractivity (Wildman–Crippen MR) is 56.6 cm³/mol.